The van der Waals surface area contributed by atoms with Gasteiger partial charge in [-0.2, -0.15) is 0 Å². The first-order valence-corrected chi connectivity index (χ1v) is 46.4. The molecule has 0 saturated heterocycles. The van der Waals surface area contributed by atoms with Gasteiger partial charge in [-0.3, -0.25) is 0 Å². The van der Waals surface area contributed by atoms with E-state index in [1.54, 1.807) is 11.8 Å². The molecule has 0 spiro atoms. The van der Waals surface area contributed by atoms with E-state index in [0.29, 0.717) is 0 Å². The molecule has 0 radical (unpaired) electrons. The second-order valence-corrected chi connectivity index (χ2v) is 43.8. The van der Waals surface area contributed by atoms with Gasteiger partial charge in [0.15, 0.2) is 19.6 Å². The van der Waals surface area contributed by atoms with Gasteiger partial charge < -0.3 is 14.4 Å². The van der Waals surface area contributed by atoms with Gasteiger partial charge in [0.2, 0.25) is 0 Å². The SMILES string of the molecule is CC(C)(C)N1c2ccccc2Oc2ccccc21.CC(C)(C)c1ccc([Si](c2ccccc2)(c2ccccc2)c2ccccc2)cc1.CC(C)(C)c1ccc2c(c1)Sc1ccccc1O2.CC(C)(C)c1ccc2cc3ccccc3cc2c1.CC(C)(C)c1cccc2c1-c1ccccc1C2(c1ccccc1)c1ccccc1.Cc1cccc(C(C)(C)C)c1. The zero-order valence-corrected chi connectivity index (χ0v) is 77.4. The Morgan fingerprint density at radius 3 is 1.15 bits per heavy atom. The summed E-state index contributed by atoms with van der Waals surface area (Å²) in [6.07, 6.45) is 0. The number of para-hydroxylation sites is 5. The molecule has 5 heteroatoms. The van der Waals surface area contributed by atoms with Crippen LogP contribution in [-0.4, -0.2) is 13.6 Å². The van der Waals surface area contributed by atoms with Crippen LogP contribution in [0.2, 0.25) is 0 Å². The van der Waals surface area contributed by atoms with Crippen molar-refractivity contribution in [1.29, 1.82) is 0 Å². The molecule has 0 N–H and O–H groups in total. The summed E-state index contributed by atoms with van der Waals surface area (Å²) in [7, 11) is -2.38. The summed E-state index contributed by atoms with van der Waals surface area (Å²) in [5, 5.41) is 11.0. The van der Waals surface area contributed by atoms with Crippen LogP contribution in [0.5, 0.6) is 23.0 Å². The van der Waals surface area contributed by atoms with Gasteiger partial charge in [-0.25, -0.2) is 0 Å². The van der Waals surface area contributed by atoms with Gasteiger partial charge in [-0.05, 0) is 219 Å². The van der Waals surface area contributed by atoms with Crippen LogP contribution in [0.4, 0.5) is 11.4 Å². The van der Waals surface area contributed by atoms with Crippen LogP contribution >= 0.6 is 11.8 Å². The number of hydrogen-bond acceptors (Lipinski definition) is 4. The minimum absolute atomic E-state index is 0.00991. The highest BCUT2D eigenvalue weighted by atomic mass is 32.2. The van der Waals surface area contributed by atoms with Gasteiger partial charge in [0.1, 0.15) is 11.5 Å². The van der Waals surface area contributed by atoms with E-state index < -0.39 is 8.07 Å². The Labute approximate surface area is 740 Å². The molecule has 16 aromatic carbocycles. The van der Waals surface area contributed by atoms with E-state index in [1.165, 1.54) is 119 Å². The van der Waals surface area contributed by atoms with Crippen LogP contribution in [0.1, 0.15) is 180 Å². The summed E-state index contributed by atoms with van der Waals surface area (Å²) in [4.78, 5) is 4.73. The van der Waals surface area contributed by atoms with E-state index in [2.05, 4.69) is 482 Å². The van der Waals surface area contributed by atoms with Gasteiger partial charge in [0.25, 0.3) is 0 Å². The molecule has 3 nitrogen and oxygen atoms in total. The number of aryl methyl sites for hydroxylation is 1. The fourth-order valence-corrected chi connectivity index (χ4v) is 23.1. The topological polar surface area (TPSA) is 21.7 Å². The maximum absolute atomic E-state index is 5.96. The van der Waals surface area contributed by atoms with Crippen molar-refractivity contribution >= 4 is 73.5 Å². The van der Waals surface area contributed by atoms with Crippen molar-refractivity contribution < 1.29 is 9.47 Å². The molecule has 2 aliphatic heterocycles. The van der Waals surface area contributed by atoms with Crippen molar-refractivity contribution in [3.05, 3.63) is 444 Å². The smallest absolute Gasteiger partial charge is 0.179 e. The Hall–Kier alpha value is -12.0. The number of ether oxygens (including phenoxy) is 2. The molecular formula is C118H121NO2SSi. The van der Waals surface area contributed by atoms with E-state index in [9.17, 15) is 0 Å². The second kappa shape index (κ2) is 36.2. The fourth-order valence-electron chi connectivity index (χ4n) is 17.3. The van der Waals surface area contributed by atoms with E-state index >= 15 is 0 Å². The standard InChI is InChI=1S/C29H26.C28H28Si.C18H18.C16H17NO.C16H16OS.C11H16/c1-28(2,3)25-19-12-20-26-27(25)23-17-10-11-18-24(23)29(26,21-13-6-4-7-14-21)22-15-8-5-9-16-22;1-28(2,3)23-19-21-27(22-20-23)29(24-13-7-4-8-14-24,25-15-9-5-10-16-25)26-17-11-6-12-18-26;1-18(2,3)17-9-8-15-10-13-6-4-5-7-14(13)11-16(15)12-17;1-16(2,3)17-12-8-4-6-10-14(12)18-15-11-7-5-9-13(15)17;1-16(2,3)11-8-9-13-15(10-11)18-14-7-5-4-6-12(14)17-13;1-9-6-5-7-10(8-9)11(2,3)4/h4-20H,1-3H3;4-22H,1-3H3;4-12H,1-3H3;4-11H,1-3H3;4-10H,1-3H3;5-8H,1-4H3. The van der Waals surface area contributed by atoms with E-state index in [-0.39, 0.29) is 38.0 Å². The van der Waals surface area contributed by atoms with Crippen molar-refractivity contribution in [2.75, 3.05) is 4.90 Å². The molecule has 620 valence electrons. The van der Waals surface area contributed by atoms with Crippen molar-refractivity contribution in [3.8, 4) is 34.1 Å². The zero-order valence-electron chi connectivity index (χ0n) is 75.6. The first-order valence-electron chi connectivity index (χ1n) is 43.6. The maximum Gasteiger partial charge on any atom is 0.179 e. The largest absolute Gasteiger partial charge is 0.455 e. The molecule has 0 atom stereocenters. The average Bonchev–Trinajstić information content (AvgIpc) is 1.53. The number of nitrogens with zero attached hydrogens (tertiary/aromatic N) is 1. The van der Waals surface area contributed by atoms with Crippen LogP contribution in [0.25, 0.3) is 32.7 Å². The predicted molar refractivity (Wildman–Crippen MR) is 532 cm³/mol. The third-order valence-electron chi connectivity index (χ3n) is 23.8. The molecule has 0 bridgehead atoms. The Kier molecular flexibility index (Phi) is 25.7. The Balaban J connectivity index is 0.000000123. The molecule has 3 aliphatic rings. The Morgan fingerprint density at radius 1 is 0.268 bits per heavy atom. The highest BCUT2D eigenvalue weighted by Gasteiger charge is 2.48. The lowest BCUT2D eigenvalue weighted by atomic mass is 9.67. The highest BCUT2D eigenvalue weighted by molar-refractivity contribution is 7.99. The van der Waals surface area contributed by atoms with Crippen molar-refractivity contribution in [3.63, 3.8) is 0 Å². The molecule has 16 aromatic rings. The number of anilines is 2. The lowest BCUT2D eigenvalue weighted by Crippen LogP contribution is -2.74. The Bertz CT molecular complexity index is 6090. The molecule has 19 rings (SSSR count). The lowest BCUT2D eigenvalue weighted by molar-refractivity contribution is 0.451. The molecular weight excluding hydrogens is 1520 g/mol. The van der Waals surface area contributed by atoms with Crippen LogP contribution in [-0.2, 0) is 32.5 Å². The predicted octanol–water partition coefficient (Wildman–Crippen LogP) is 30.3. The summed E-state index contributed by atoms with van der Waals surface area (Å²) >= 11 is 1.79. The number of benzene rings is 16. The van der Waals surface area contributed by atoms with E-state index in [1.807, 2.05) is 42.5 Å². The molecule has 123 heavy (non-hydrogen) atoms. The molecule has 0 saturated carbocycles. The van der Waals surface area contributed by atoms with E-state index in [4.69, 9.17) is 9.47 Å². The summed E-state index contributed by atoms with van der Waals surface area (Å²) in [6.45, 7) is 42.7. The number of fused-ring (bicyclic) bond motifs is 9. The summed E-state index contributed by atoms with van der Waals surface area (Å²) in [5.41, 5.74) is 19.3. The molecule has 0 aromatic heterocycles. The van der Waals surface area contributed by atoms with Crippen LogP contribution < -0.4 is 35.1 Å². The monoisotopic (exact) mass is 1640 g/mol. The molecule has 0 fully saturated rings. The van der Waals surface area contributed by atoms with Gasteiger partial charge in [0, 0.05) is 5.54 Å². The van der Waals surface area contributed by atoms with Gasteiger partial charge >= 0.3 is 0 Å². The van der Waals surface area contributed by atoms with Crippen LogP contribution in [0, 0.1) is 6.92 Å². The summed E-state index contributed by atoms with van der Waals surface area (Å²) < 4.78 is 11.9. The summed E-state index contributed by atoms with van der Waals surface area (Å²) in [5.74, 6) is 3.77. The third-order valence-corrected chi connectivity index (χ3v) is 29.6. The van der Waals surface area contributed by atoms with Crippen LogP contribution in [0.3, 0.4) is 0 Å². The van der Waals surface area contributed by atoms with Gasteiger partial charge in [-0.15, -0.1) is 0 Å². The lowest BCUT2D eigenvalue weighted by Gasteiger charge is -2.41. The molecule has 2 heterocycles. The number of rotatable bonds is 6. The van der Waals surface area contributed by atoms with Crippen molar-refractivity contribution in [2.45, 2.75) is 179 Å². The van der Waals surface area contributed by atoms with Gasteiger partial charge in [-0.1, -0.05) is 449 Å². The zero-order chi connectivity index (χ0) is 87.1. The third kappa shape index (κ3) is 19.1. The quantitative estimate of drug-likeness (QED) is 0.0940. The second-order valence-electron chi connectivity index (χ2n) is 38.9. The first-order chi connectivity index (χ1) is 58.7. The van der Waals surface area contributed by atoms with Crippen LogP contribution in [0.15, 0.2) is 398 Å². The minimum Gasteiger partial charge on any atom is -0.455 e. The highest BCUT2D eigenvalue weighted by Crippen LogP contribution is 2.58. The fraction of sp³-hybridized carbons (Fsp3) is 0.220. The normalized spacial score (nSPS) is 13.0. The molecule has 1 aliphatic carbocycles. The molecule has 0 amide bonds. The Morgan fingerprint density at radius 2 is 0.650 bits per heavy atom. The van der Waals surface area contributed by atoms with Gasteiger partial charge in [0.05, 0.1) is 26.6 Å². The average molecular weight is 1650 g/mol. The number of hydrogen-bond donors (Lipinski definition) is 0. The minimum atomic E-state index is -2.38. The molecule has 0 unspecified atom stereocenters. The maximum atomic E-state index is 5.96. The first kappa shape index (κ1) is 87.4. The van der Waals surface area contributed by atoms with Crippen molar-refractivity contribution in [1.82, 2.24) is 0 Å². The van der Waals surface area contributed by atoms with Crippen molar-refractivity contribution in [2.24, 2.45) is 0 Å². The van der Waals surface area contributed by atoms with E-state index in [0.717, 1.165) is 34.4 Å². The summed E-state index contributed by atoms with van der Waals surface area (Å²) in [6, 6.07) is 140.